The van der Waals surface area contributed by atoms with Gasteiger partial charge in [-0.1, -0.05) is 30.3 Å². The van der Waals surface area contributed by atoms with Crippen LogP contribution in [-0.4, -0.2) is 5.91 Å². The van der Waals surface area contributed by atoms with E-state index in [1.54, 1.807) is 30.3 Å². The Bertz CT molecular complexity index is 1270. The van der Waals surface area contributed by atoms with Gasteiger partial charge < -0.3 is 10.1 Å². The van der Waals surface area contributed by atoms with Crippen LogP contribution < -0.4 is 10.1 Å². The molecule has 3 aromatic carbocycles. The van der Waals surface area contributed by atoms with Crippen LogP contribution in [0.2, 0.25) is 0 Å². The van der Waals surface area contributed by atoms with Crippen molar-refractivity contribution in [1.82, 2.24) is 0 Å². The molecular weight excluding hydrogens is 635 g/mol. The van der Waals surface area contributed by atoms with Crippen LogP contribution in [0.25, 0.3) is 6.08 Å². The van der Waals surface area contributed by atoms with Gasteiger partial charge in [0, 0.05) is 5.56 Å². The molecule has 3 rings (SSSR count). The van der Waals surface area contributed by atoms with Crippen LogP contribution in [0.3, 0.4) is 0 Å². The second kappa shape index (κ2) is 11.1. The van der Waals surface area contributed by atoms with E-state index < -0.39 is 11.7 Å². The van der Waals surface area contributed by atoms with E-state index >= 15 is 0 Å². The molecular formula is C24H14FI2N3O2. The molecule has 8 heteroatoms. The fourth-order valence-electron chi connectivity index (χ4n) is 2.77. The van der Waals surface area contributed by atoms with Gasteiger partial charge in [0.15, 0.2) is 0 Å². The van der Waals surface area contributed by atoms with E-state index in [9.17, 15) is 19.7 Å². The molecule has 1 N–H and O–H groups in total. The number of carbonyl (C=O) groups excluding carboxylic acids is 1. The maximum atomic E-state index is 13.8. The van der Waals surface area contributed by atoms with Crippen LogP contribution in [-0.2, 0) is 11.4 Å². The van der Waals surface area contributed by atoms with Crippen molar-refractivity contribution in [3.05, 3.63) is 95.9 Å². The summed E-state index contributed by atoms with van der Waals surface area (Å²) in [6.45, 7) is 0.236. The summed E-state index contributed by atoms with van der Waals surface area (Å²) in [6.07, 6.45) is 1.44. The predicted octanol–water partition coefficient (Wildman–Crippen LogP) is 6.03. The zero-order valence-electron chi connectivity index (χ0n) is 16.4. The van der Waals surface area contributed by atoms with Gasteiger partial charge in [-0.2, -0.15) is 10.5 Å². The lowest BCUT2D eigenvalue weighted by Crippen LogP contribution is -2.14. The zero-order chi connectivity index (χ0) is 23.1. The lowest BCUT2D eigenvalue weighted by Gasteiger charge is -2.12. The van der Waals surface area contributed by atoms with Gasteiger partial charge in [0.25, 0.3) is 5.91 Å². The molecule has 0 heterocycles. The number of para-hydroxylation sites is 1. The minimum absolute atomic E-state index is 0.00390. The van der Waals surface area contributed by atoms with Gasteiger partial charge in [-0.3, -0.25) is 4.79 Å². The molecule has 0 fully saturated rings. The third-order valence-electron chi connectivity index (χ3n) is 4.33. The standard InChI is InChI=1S/C24H14FI2N3O2/c25-19-7-3-4-8-22(19)30-24(31)18(13-29)9-15-10-20(26)23(21(27)11-15)32-14-17-6-2-1-5-16(17)12-28/h1-11H,14H2,(H,30,31)/b18-9-. The molecule has 0 spiro atoms. The monoisotopic (exact) mass is 649 g/mol. The van der Waals surface area contributed by atoms with Crippen molar-refractivity contribution in [2.24, 2.45) is 0 Å². The highest BCUT2D eigenvalue weighted by molar-refractivity contribution is 14.1. The minimum Gasteiger partial charge on any atom is -0.487 e. The van der Waals surface area contributed by atoms with E-state index in [-0.39, 0.29) is 17.9 Å². The van der Waals surface area contributed by atoms with Crippen LogP contribution in [0.4, 0.5) is 10.1 Å². The number of amides is 1. The van der Waals surface area contributed by atoms with Crippen molar-refractivity contribution in [2.75, 3.05) is 5.32 Å². The summed E-state index contributed by atoms with van der Waals surface area (Å²) in [7, 11) is 0. The molecule has 1 amide bonds. The van der Waals surface area contributed by atoms with Gasteiger partial charge in [0.1, 0.15) is 29.8 Å². The largest absolute Gasteiger partial charge is 0.487 e. The fraction of sp³-hybridized carbons (Fsp3) is 0.0417. The highest BCUT2D eigenvalue weighted by Gasteiger charge is 2.14. The smallest absolute Gasteiger partial charge is 0.266 e. The van der Waals surface area contributed by atoms with E-state index in [1.807, 2.05) is 18.2 Å². The number of anilines is 1. The first-order chi connectivity index (χ1) is 15.4. The van der Waals surface area contributed by atoms with Crippen molar-refractivity contribution in [3.63, 3.8) is 0 Å². The summed E-state index contributed by atoms with van der Waals surface area (Å²) in [5.74, 6) is -0.636. The van der Waals surface area contributed by atoms with Gasteiger partial charge in [0.2, 0.25) is 0 Å². The average molecular weight is 649 g/mol. The van der Waals surface area contributed by atoms with Gasteiger partial charge in [-0.25, -0.2) is 4.39 Å². The number of ether oxygens (including phenoxy) is 1. The Balaban J connectivity index is 1.80. The molecule has 0 aliphatic rings. The Morgan fingerprint density at radius 3 is 2.38 bits per heavy atom. The second-order valence-corrected chi connectivity index (χ2v) is 8.80. The Morgan fingerprint density at radius 2 is 1.72 bits per heavy atom. The zero-order valence-corrected chi connectivity index (χ0v) is 20.7. The molecule has 0 atom stereocenters. The average Bonchev–Trinajstić information content (AvgIpc) is 2.78. The maximum absolute atomic E-state index is 13.8. The SMILES string of the molecule is N#C/C(=C/c1cc(I)c(OCc2ccccc2C#N)c(I)c1)C(=O)Nc1ccccc1F. The first-order valence-corrected chi connectivity index (χ1v) is 11.4. The van der Waals surface area contributed by atoms with Crippen molar-refractivity contribution in [1.29, 1.82) is 10.5 Å². The van der Waals surface area contributed by atoms with Gasteiger partial charge in [0.05, 0.1) is 24.5 Å². The molecule has 0 aromatic heterocycles. The second-order valence-electron chi connectivity index (χ2n) is 6.48. The summed E-state index contributed by atoms with van der Waals surface area (Å²) in [5.41, 5.74) is 1.81. The molecule has 0 aliphatic heterocycles. The number of nitrogens with one attached hydrogen (secondary N) is 1. The minimum atomic E-state index is -0.698. The molecule has 0 unspecified atom stereocenters. The number of hydrogen-bond donors (Lipinski definition) is 1. The number of nitrogens with zero attached hydrogens (tertiary/aromatic N) is 2. The molecule has 0 radical (unpaired) electrons. The van der Waals surface area contributed by atoms with Gasteiger partial charge in [-0.15, -0.1) is 0 Å². The number of carbonyl (C=O) groups is 1. The first kappa shape index (κ1) is 23.7. The fourth-order valence-corrected chi connectivity index (χ4v) is 4.90. The van der Waals surface area contributed by atoms with Crippen molar-refractivity contribution < 1.29 is 13.9 Å². The molecule has 0 bridgehead atoms. The van der Waals surface area contributed by atoms with Crippen LogP contribution in [0, 0.1) is 35.6 Å². The summed E-state index contributed by atoms with van der Waals surface area (Å²) in [5, 5.41) is 21.1. The number of halogens is 3. The summed E-state index contributed by atoms with van der Waals surface area (Å²) in [6, 6.07) is 20.5. The molecule has 158 valence electrons. The highest BCUT2D eigenvalue weighted by atomic mass is 127. The lowest BCUT2D eigenvalue weighted by atomic mass is 10.1. The summed E-state index contributed by atoms with van der Waals surface area (Å²) >= 11 is 4.23. The van der Waals surface area contributed by atoms with Crippen LogP contribution >= 0.6 is 45.2 Å². The van der Waals surface area contributed by atoms with Gasteiger partial charge in [-0.05, 0) is 87.2 Å². The highest BCUT2D eigenvalue weighted by Crippen LogP contribution is 2.31. The summed E-state index contributed by atoms with van der Waals surface area (Å²) < 4.78 is 21.3. The van der Waals surface area contributed by atoms with E-state index in [4.69, 9.17) is 4.74 Å². The lowest BCUT2D eigenvalue weighted by molar-refractivity contribution is -0.112. The normalized spacial score (nSPS) is 10.7. The maximum Gasteiger partial charge on any atom is 0.266 e. The Kier molecular flexibility index (Phi) is 8.20. The van der Waals surface area contributed by atoms with E-state index in [0.717, 1.165) is 12.7 Å². The van der Waals surface area contributed by atoms with Crippen LogP contribution in [0.5, 0.6) is 5.75 Å². The quantitative estimate of drug-likeness (QED) is 0.201. The Labute approximate surface area is 211 Å². The third kappa shape index (κ3) is 5.84. The molecule has 32 heavy (non-hydrogen) atoms. The molecule has 0 saturated heterocycles. The van der Waals surface area contributed by atoms with Crippen molar-refractivity contribution >= 4 is 62.9 Å². The molecule has 0 aliphatic carbocycles. The van der Waals surface area contributed by atoms with Crippen LogP contribution in [0.15, 0.2) is 66.2 Å². The number of rotatable bonds is 6. The Hall–Kier alpha value is -2.96. The molecule has 0 saturated carbocycles. The summed E-state index contributed by atoms with van der Waals surface area (Å²) in [4.78, 5) is 12.4. The van der Waals surface area contributed by atoms with E-state index in [2.05, 4.69) is 56.6 Å². The molecule has 5 nitrogen and oxygen atoms in total. The first-order valence-electron chi connectivity index (χ1n) is 9.20. The number of benzene rings is 3. The number of nitriles is 2. The number of hydrogen-bond acceptors (Lipinski definition) is 4. The topological polar surface area (TPSA) is 85.9 Å². The van der Waals surface area contributed by atoms with Gasteiger partial charge >= 0.3 is 0 Å². The predicted molar refractivity (Wildman–Crippen MR) is 136 cm³/mol. The van der Waals surface area contributed by atoms with E-state index in [1.165, 1.54) is 24.3 Å². The van der Waals surface area contributed by atoms with E-state index in [0.29, 0.717) is 16.9 Å². The third-order valence-corrected chi connectivity index (χ3v) is 5.93. The Morgan fingerprint density at radius 1 is 1.06 bits per heavy atom. The van der Waals surface area contributed by atoms with Crippen molar-refractivity contribution in [3.8, 4) is 17.9 Å². The van der Waals surface area contributed by atoms with Crippen LogP contribution in [0.1, 0.15) is 16.7 Å². The van der Waals surface area contributed by atoms with Crippen molar-refractivity contribution in [2.45, 2.75) is 6.61 Å². The molecule has 3 aromatic rings.